The molecule has 0 radical (unpaired) electrons. The quantitative estimate of drug-likeness (QED) is 0.662. The van der Waals surface area contributed by atoms with E-state index in [-0.39, 0.29) is 17.6 Å². The Labute approximate surface area is 147 Å². The molecule has 9 nitrogen and oxygen atoms in total. The highest BCUT2D eigenvalue weighted by Crippen LogP contribution is 2.33. The number of nitrogens with one attached hydrogen (secondary N) is 1. The summed E-state index contributed by atoms with van der Waals surface area (Å²) in [6.07, 6.45) is 1.49. The summed E-state index contributed by atoms with van der Waals surface area (Å²) in [7, 11) is 5.16. The van der Waals surface area contributed by atoms with E-state index in [0.717, 1.165) is 18.9 Å². The van der Waals surface area contributed by atoms with E-state index >= 15 is 0 Å². The summed E-state index contributed by atoms with van der Waals surface area (Å²) in [5.41, 5.74) is -0.254. The van der Waals surface area contributed by atoms with E-state index in [1.807, 2.05) is 13.1 Å². The van der Waals surface area contributed by atoms with Crippen LogP contribution in [0.5, 0.6) is 5.88 Å². The lowest BCUT2D eigenvalue weighted by molar-refractivity contribution is -0.157. The van der Waals surface area contributed by atoms with Crippen LogP contribution in [0.3, 0.4) is 0 Å². The molecule has 3 heterocycles. The van der Waals surface area contributed by atoms with E-state index in [1.165, 1.54) is 6.33 Å². The predicted molar refractivity (Wildman–Crippen MR) is 90.8 cm³/mol. The number of hydrogen-bond donors (Lipinski definition) is 1. The average Bonchev–Trinajstić information content (AvgIpc) is 2.59. The smallest absolute Gasteiger partial charge is 0.239 e. The first-order valence-electron chi connectivity index (χ1n) is 8.29. The van der Waals surface area contributed by atoms with Crippen LogP contribution >= 0.6 is 0 Å². The molecule has 0 aliphatic carbocycles. The van der Waals surface area contributed by atoms with Gasteiger partial charge in [-0.15, -0.1) is 0 Å². The minimum Gasteiger partial charge on any atom is -0.481 e. The van der Waals surface area contributed by atoms with Gasteiger partial charge in [-0.05, 0) is 7.05 Å². The molecule has 1 aromatic rings. The standard InChI is InChI=1S/C16H25N5O4/c1-20-8-16(25-7-12(20)15(22)17-4-5-23-2)9-21(10-16)13-6-14(24-3)19-11-18-13/h6,11-12H,4-5,7-10H2,1-3H3,(H,17,22). The van der Waals surface area contributed by atoms with Crippen molar-refractivity contribution in [2.24, 2.45) is 0 Å². The van der Waals surface area contributed by atoms with Crippen molar-refractivity contribution in [3.05, 3.63) is 12.4 Å². The molecule has 1 aromatic heterocycles. The zero-order chi connectivity index (χ0) is 17.9. The Morgan fingerprint density at radius 1 is 1.40 bits per heavy atom. The number of methoxy groups -OCH3 is 2. The summed E-state index contributed by atoms with van der Waals surface area (Å²) >= 11 is 0. The Morgan fingerprint density at radius 3 is 2.88 bits per heavy atom. The summed E-state index contributed by atoms with van der Waals surface area (Å²) in [6.45, 7) is 3.56. The van der Waals surface area contributed by atoms with Gasteiger partial charge in [0, 0.05) is 26.3 Å². The normalized spacial score (nSPS) is 22.5. The van der Waals surface area contributed by atoms with Gasteiger partial charge in [0.05, 0.1) is 33.4 Å². The SMILES string of the molecule is COCCNC(=O)C1COC2(CN(c3cc(OC)ncn3)C2)CN1C. The van der Waals surface area contributed by atoms with Gasteiger partial charge in [0.25, 0.3) is 0 Å². The first kappa shape index (κ1) is 17.8. The van der Waals surface area contributed by atoms with Gasteiger partial charge < -0.3 is 24.4 Å². The lowest BCUT2D eigenvalue weighted by atomic mass is 9.90. The summed E-state index contributed by atoms with van der Waals surface area (Å²) in [5.74, 6) is 1.34. The largest absolute Gasteiger partial charge is 0.481 e. The van der Waals surface area contributed by atoms with Crippen molar-refractivity contribution >= 4 is 11.7 Å². The van der Waals surface area contributed by atoms with Crippen LogP contribution in [-0.2, 0) is 14.3 Å². The number of rotatable bonds is 6. The fourth-order valence-corrected chi connectivity index (χ4v) is 3.28. The van der Waals surface area contributed by atoms with Crippen molar-refractivity contribution in [2.45, 2.75) is 11.6 Å². The van der Waals surface area contributed by atoms with Gasteiger partial charge in [-0.25, -0.2) is 9.97 Å². The summed E-state index contributed by atoms with van der Waals surface area (Å²) in [4.78, 5) is 24.7. The van der Waals surface area contributed by atoms with Gasteiger partial charge in [-0.3, -0.25) is 9.69 Å². The van der Waals surface area contributed by atoms with E-state index in [1.54, 1.807) is 14.2 Å². The van der Waals surface area contributed by atoms with Crippen LogP contribution < -0.4 is 15.0 Å². The van der Waals surface area contributed by atoms with Gasteiger partial charge in [0.1, 0.15) is 23.8 Å². The van der Waals surface area contributed by atoms with Gasteiger partial charge in [0.2, 0.25) is 11.8 Å². The molecule has 0 bridgehead atoms. The number of aromatic nitrogens is 2. The molecule has 25 heavy (non-hydrogen) atoms. The van der Waals surface area contributed by atoms with E-state index in [2.05, 4.69) is 25.1 Å². The minimum atomic E-state index is -0.268. The number of hydrogen-bond acceptors (Lipinski definition) is 8. The van der Waals surface area contributed by atoms with E-state index in [9.17, 15) is 4.79 Å². The third kappa shape index (κ3) is 3.83. The third-order valence-corrected chi connectivity index (χ3v) is 4.64. The Morgan fingerprint density at radius 2 is 2.20 bits per heavy atom. The van der Waals surface area contributed by atoms with Crippen LogP contribution in [0, 0.1) is 0 Å². The molecule has 2 fully saturated rings. The number of anilines is 1. The second-order valence-corrected chi connectivity index (χ2v) is 6.48. The maximum Gasteiger partial charge on any atom is 0.239 e. The van der Waals surface area contributed by atoms with Crippen LogP contribution in [0.4, 0.5) is 5.82 Å². The highest BCUT2D eigenvalue weighted by atomic mass is 16.5. The van der Waals surface area contributed by atoms with Crippen LogP contribution in [0.2, 0.25) is 0 Å². The lowest BCUT2D eigenvalue weighted by Crippen LogP contribution is -2.72. The van der Waals surface area contributed by atoms with Crippen molar-refractivity contribution in [1.29, 1.82) is 0 Å². The topological polar surface area (TPSA) is 89.0 Å². The van der Waals surface area contributed by atoms with Gasteiger partial charge in [-0.2, -0.15) is 0 Å². The number of carbonyl (C=O) groups excluding carboxylic acids is 1. The first-order valence-corrected chi connectivity index (χ1v) is 8.29. The maximum absolute atomic E-state index is 12.2. The van der Waals surface area contributed by atoms with E-state index in [4.69, 9.17) is 14.2 Å². The molecule has 1 amide bonds. The monoisotopic (exact) mass is 351 g/mol. The zero-order valence-corrected chi connectivity index (χ0v) is 14.9. The highest BCUT2D eigenvalue weighted by Gasteiger charge is 2.50. The van der Waals surface area contributed by atoms with Crippen LogP contribution in [0.15, 0.2) is 12.4 Å². The molecule has 1 N–H and O–H groups in total. The number of morpholine rings is 1. The summed E-state index contributed by atoms with van der Waals surface area (Å²) in [6, 6.07) is 1.54. The Hall–Kier alpha value is -1.97. The summed E-state index contributed by atoms with van der Waals surface area (Å²) < 4.78 is 16.2. The molecule has 1 spiro atoms. The molecule has 9 heteroatoms. The Balaban J connectivity index is 1.53. The predicted octanol–water partition coefficient (Wildman–Crippen LogP) is -0.863. The van der Waals surface area contributed by atoms with Gasteiger partial charge in [0.15, 0.2) is 0 Å². The molecule has 0 aromatic carbocycles. The Bertz CT molecular complexity index is 608. The number of likely N-dealkylation sites (N-methyl/N-ethyl adjacent to an activating group) is 1. The van der Waals surface area contributed by atoms with E-state index < -0.39 is 0 Å². The lowest BCUT2D eigenvalue weighted by Gasteiger charge is -2.55. The molecule has 2 aliphatic rings. The van der Waals surface area contributed by atoms with E-state index in [0.29, 0.717) is 32.2 Å². The molecule has 2 aliphatic heterocycles. The van der Waals surface area contributed by atoms with Crippen molar-refractivity contribution in [1.82, 2.24) is 20.2 Å². The van der Waals surface area contributed by atoms with Crippen molar-refractivity contribution in [2.75, 3.05) is 65.6 Å². The first-order chi connectivity index (χ1) is 12.1. The van der Waals surface area contributed by atoms with Gasteiger partial charge >= 0.3 is 0 Å². The maximum atomic E-state index is 12.2. The van der Waals surface area contributed by atoms with Crippen LogP contribution in [0.25, 0.3) is 0 Å². The minimum absolute atomic E-state index is 0.0221. The molecule has 0 saturated carbocycles. The van der Waals surface area contributed by atoms with Crippen LogP contribution in [0.1, 0.15) is 0 Å². The van der Waals surface area contributed by atoms with Crippen molar-refractivity contribution in [3.8, 4) is 5.88 Å². The molecule has 138 valence electrons. The van der Waals surface area contributed by atoms with Crippen molar-refractivity contribution < 1.29 is 19.0 Å². The van der Waals surface area contributed by atoms with Gasteiger partial charge in [-0.1, -0.05) is 0 Å². The molecule has 3 rings (SSSR count). The third-order valence-electron chi connectivity index (χ3n) is 4.64. The zero-order valence-electron chi connectivity index (χ0n) is 14.9. The molecule has 2 saturated heterocycles. The number of ether oxygens (including phenoxy) is 3. The highest BCUT2D eigenvalue weighted by molar-refractivity contribution is 5.82. The number of amides is 1. The average molecular weight is 351 g/mol. The second kappa shape index (κ2) is 7.51. The molecular weight excluding hydrogens is 326 g/mol. The fraction of sp³-hybridized carbons (Fsp3) is 0.688. The summed E-state index contributed by atoms with van der Waals surface area (Å²) in [5, 5.41) is 2.87. The fourth-order valence-electron chi connectivity index (χ4n) is 3.28. The van der Waals surface area contributed by atoms with Crippen LogP contribution in [-0.4, -0.2) is 93.1 Å². The Kier molecular flexibility index (Phi) is 5.36. The molecule has 1 unspecified atom stereocenters. The molecule has 1 atom stereocenters. The van der Waals surface area contributed by atoms with Crippen molar-refractivity contribution in [3.63, 3.8) is 0 Å². The second-order valence-electron chi connectivity index (χ2n) is 6.48. The number of nitrogens with zero attached hydrogens (tertiary/aromatic N) is 4. The number of carbonyl (C=O) groups is 1. The molecular formula is C16H25N5O4.